The lowest BCUT2D eigenvalue weighted by atomic mass is 10.1. The molecule has 0 amide bonds. The summed E-state index contributed by atoms with van der Waals surface area (Å²) in [4.78, 5) is 21.2. The maximum Gasteiger partial charge on any atom is 0.338 e. The van der Waals surface area contributed by atoms with Crippen molar-refractivity contribution in [2.75, 3.05) is 11.9 Å². The fourth-order valence-corrected chi connectivity index (χ4v) is 2.85. The van der Waals surface area contributed by atoms with Crippen LogP contribution in [-0.4, -0.2) is 22.5 Å². The number of rotatable bonds is 7. The van der Waals surface area contributed by atoms with E-state index in [2.05, 4.69) is 16.9 Å². The Bertz CT molecular complexity index is 973. The van der Waals surface area contributed by atoms with E-state index in [4.69, 9.17) is 9.72 Å². The molecular weight excluding hydrogens is 386 g/mol. The number of aryl methyl sites for hydroxylation is 1. The van der Waals surface area contributed by atoms with E-state index >= 15 is 0 Å². The molecule has 6 heteroatoms. The molecule has 1 heterocycles. The molecule has 0 aliphatic rings. The number of esters is 1. The fraction of sp³-hybridized carbons (Fsp3) is 0.174. The van der Waals surface area contributed by atoms with Crippen LogP contribution in [0.15, 0.2) is 67.3 Å². The second-order valence-electron chi connectivity index (χ2n) is 6.24. The van der Waals surface area contributed by atoms with Crippen molar-refractivity contribution in [3.63, 3.8) is 0 Å². The first-order valence-corrected chi connectivity index (χ1v) is 9.20. The van der Waals surface area contributed by atoms with Gasteiger partial charge in [-0.2, -0.15) is 0 Å². The Labute approximate surface area is 177 Å². The SMILES string of the molecule is C=CCc1c(C)nc(-c2ccccc2)nc1Nc1ccc(C(=O)OCC)cc1.Cl. The Kier molecular flexibility index (Phi) is 7.92. The summed E-state index contributed by atoms with van der Waals surface area (Å²) in [5.41, 5.74) is 4.19. The highest BCUT2D eigenvalue weighted by molar-refractivity contribution is 5.90. The van der Waals surface area contributed by atoms with Crippen LogP contribution in [0, 0.1) is 6.92 Å². The Balaban J connectivity index is 0.00000300. The number of allylic oxidation sites excluding steroid dienone is 1. The molecular formula is C23H24ClN3O2. The summed E-state index contributed by atoms with van der Waals surface area (Å²) < 4.78 is 5.03. The lowest BCUT2D eigenvalue weighted by molar-refractivity contribution is 0.0526. The van der Waals surface area contributed by atoms with Crippen LogP contribution in [0.25, 0.3) is 11.4 Å². The number of nitrogens with zero attached hydrogens (tertiary/aromatic N) is 2. The first-order valence-electron chi connectivity index (χ1n) is 9.20. The topological polar surface area (TPSA) is 64.1 Å². The monoisotopic (exact) mass is 409 g/mol. The molecule has 29 heavy (non-hydrogen) atoms. The molecule has 0 bridgehead atoms. The molecule has 0 aliphatic carbocycles. The van der Waals surface area contributed by atoms with E-state index in [1.807, 2.05) is 55.5 Å². The second kappa shape index (κ2) is 10.4. The van der Waals surface area contributed by atoms with Gasteiger partial charge in [-0.1, -0.05) is 36.4 Å². The van der Waals surface area contributed by atoms with Crippen molar-refractivity contribution < 1.29 is 9.53 Å². The average Bonchev–Trinajstić information content (AvgIpc) is 2.72. The quantitative estimate of drug-likeness (QED) is 0.411. The molecule has 0 saturated heterocycles. The smallest absolute Gasteiger partial charge is 0.338 e. The molecule has 0 saturated carbocycles. The Morgan fingerprint density at radius 3 is 2.41 bits per heavy atom. The van der Waals surface area contributed by atoms with Gasteiger partial charge in [-0.15, -0.1) is 19.0 Å². The first-order chi connectivity index (χ1) is 13.6. The number of ether oxygens (including phenoxy) is 1. The van der Waals surface area contributed by atoms with E-state index in [0.717, 1.165) is 28.3 Å². The molecule has 0 spiro atoms. The summed E-state index contributed by atoms with van der Waals surface area (Å²) in [5.74, 6) is 1.07. The van der Waals surface area contributed by atoms with Crippen LogP contribution in [0.5, 0.6) is 0 Å². The molecule has 5 nitrogen and oxygen atoms in total. The standard InChI is InChI=1S/C23H23N3O2.ClH/c1-4-9-20-16(3)24-21(17-10-7-6-8-11-17)26-22(20)25-19-14-12-18(13-15-19)23(27)28-5-2;/h4,6-8,10-15H,1,5,9H2,2-3H3,(H,24,25,26);1H. The number of halogens is 1. The minimum absolute atomic E-state index is 0. The number of aromatic nitrogens is 2. The lowest BCUT2D eigenvalue weighted by Gasteiger charge is -2.14. The van der Waals surface area contributed by atoms with Gasteiger partial charge in [-0.25, -0.2) is 14.8 Å². The van der Waals surface area contributed by atoms with Crippen LogP contribution in [0.1, 0.15) is 28.5 Å². The van der Waals surface area contributed by atoms with E-state index in [9.17, 15) is 4.79 Å². The second-order valence-corrected chi connectivity index (χ2v) is 6.24. The number of anilines is 2. The number of carbonyl (C=O) groups is 1. The molecule has 2 aromatic carbocycles. The van der Waals surface area contributed by atoms with E-state index in [1.54, 1.807) is 19.1 Å². The van der Waals surface area contributed by atoms with Crippen LogP contribution >= 0.6 is 12.4 Å². The van der Waals surface area contributed by atoms with Crippen molar-refractivity contribution >= 4 is 29.9 Å². The summed E-state index contributed by atoms with van der Waals surface area (Å²) in [6.45, 7) is 7.96. The maximum atomic E-state index is 11.8. The lowest BCUT2D eigenvalue weighted by Crippen LogP contribution is -2.06. The molecule has 1 N–H and O–H groups in total. The zero-order valence-corrected chi connectivity index (χ0v) is 17.3. The van der Waals surface area contributed by atoms with Gasteiger partial charge in [0.25, 0.3) is 0 Å². The fourth-order valence-electron chi connectivity index (χ4n) is 2.85. The van der Waals surface area contributed by atoms with Gasteiger partial charge in [0.15, 0.2) is 5.82 Å². The molecule has 0 fully saturated rings. The Hall–Kier alpha value is -3.18. The van der Waals surface area contributed by atoms with Crippen molar-refractivity contribution in [3.8, 4) is 11.4 Å². The Morgan fingerprint density at radius 1 is 1.10 bits per heavy atom. The highest BCUT2D eigenvalue weighted by Crippen LogP contribution is 2.26. The number of nitrogens with one attached hydrogen (secondary N) is 1. The molecule has 3 rings (SSSR count). The summed E-state index contributed by atoms with van der Waals surface area (Å²) in [6, 6.07) is 17.0. The third kappa shape index (κ3) is 5.42. The van der Waals surface area contributed by atoms with Gasteiger partial charge in [0, 0.05) is 22.5 Å². The zero-order chi connectivity index (χ0) is 19.9. The van der Waals surface area contributed by atoms with Crippen molar-refractivity contribution in [2.24, 2.45) is 0 Å². The van der Waals surface area contributed by atoms with Gasteiger partial charge in [0.1, 0.15) is 5.82 Å². The van der Waals surface area contributed by atoms with Crippen molar-refractivity contribution in [2.45, 2.75) is 20.3 Å². The first kappa shape index (κ1) is 22.1. The van der Waals surface area contributed by atoms with Gasteiger partial charge in [0.05, 0.1) is 12.2 Å². The number of hydrogen-bond donors (Lipinski definition) is 1. The number of hydrogen-bond acceptors (Lipinski definition) is 5. The van der Waals surface area contributed by atoms with Gasteiger partial charge >= 0.3 is 5.97 Å². The predicted molar refractivity (Wildman–Crippen MR) is 119 cm³/mol. The maximum absolute atomic E-state index is 11.8. The van der Waals surface area contributed by atoms with Gasteiger partial charge < -0.3 is 10.1 Å². The molecule has 150 valence electrons. The summed E-state index contributed by atoms with van der Waals surface area (Å²) >= 11 is 0. The minimum Gasteiger partial charge on any atom is -0.462 e. The van der Waals surface area contributed by atoms with Crippen LogP contribution in [0.2, 0.25) is 0 Å². The summed E-state index contributed by atoms with van der Waals surface area (Å²) in [5, 5.41) is 3.36. The van der Waals surface area contributed by atoms with E-state index in [1.165, 1.54) is 0 Å². The van der Waals surface area contributed by atoms with Crippen molar-refractivity contribution in [3.05, 3.63) is 84.1 Å². The normalized spacial score (nSPS) is 10.0. The molecule has 0 radical (unpaired) electrons. The van der Waals surface area contributed by atoms with Crippen LogP contribution in [0.4, 0.5) is 11.5 Å². The summed E-state index contributed by atoms with van der Waals surface area (Å²) in [7, 11) is 0. The summed E-state index contributed by atoms with van der Waals surface area (Å²) in [6.07, 6.45) is 2.49. The highest BCUT2D eigenvalue weighted by atomic mass is 35.5. The zero-order valence-electron chi connectivity index (χ0n) is 16.5. The van der Waals surface area contributed by atoms with Crippen molar-refractivity contribution in [1.29, 1.82) is 0 Å². The third-order valence-corrected chi connectivity index (χ3v) is 4.25. The molecule has 0 atom stereocenters. The average molecular weight is 410 g/mol. The van der Waals surface area contributed by atoms with Crippen LogP contribution in [0.3, 0.4) is 0 Å². The third-order valence-electron chi connectivity index (χ3n) is 4.25. The number of benzene rings is 2. The largest absolute Gasteiger partial charge is 0.462 e. The molecule has 1 aromatic heterocycles. The highest BCUT2D eigenvalue weighted by Gasteiger charge is 2.13. The molecule has 0 aliphatic heterocycles. The van der Waals surface area contributed by atoms with E-state index in [0.29, 0.717) is 24.4 Å². The van der Waals surface area contributed by atoms with Gasteiger partial charge in [0.2, 0.25) is 0 Å². The Morgan fingerprint density at radius 2 is 1.79 bits per heavy atom. The van der Waals surface area contributed by atoms with E-state index < -0.39 is 0 Å². The predicted octanol–water partition coefficient (Wildman–Crippen LogP) is 5.52. The molecule has 3 aromatic rings. The molecule has 0 unspecified atom stereocenters. The van der Waals surface area contributed by atoms with Crippen LogP contribution < -0.4 is 5.32 Å². The van der Waals surface area contributed by atoms with Crippen molar-refractivity contribution in [1.82, 2.24) is 9.97 Å². The van der Waals surface area contributed by atoms with Crippen LogP contribution in [-0.2, 0) is 11.2 Å². The van der Waals surface area contributed by atoms with Gasteiger partial charge in [-0.05, 0) is 44.5 Å². The van der Waals surface area contributed by atoms with E-state index in [-0.39, 0.29) is 18.4 Å². The number of carbonyl (C=O) groups excluding carboxylic acids is 1. The van der Waals surface area contributed by atoms with Gasteiger partial charge in [-0.3, -0.25) is 0 Å². The minimum atomic E-state index is -0.328.